The van der Waals surface area contributed by atoms with Crippen molar-refractivity contribution in [2.45, 2.75) is 34.1 Å². The first-order valence-corrected chi connectivity index (χ1v) is 5.05. The Balaban J connectivity index is 3.25. The van der Waals surface area contributed by atoms with E-state index in [4.69, 9.17) is 0 Å². The van der Waals surface area contributed by atoms with Gasteiger partial charge >= 0.3 is 0 Å². The standard InChI is InChI=1S/C13H18O/c1-5-11(6-2)12-7-9(3)13(14)10(4)8-12/h5,7-8,14H,6H2,1-4H3. The van der Waals surface area contributed by atoms with Gasteiger partial charge in [0.05, 0.1) is 0 Å². The molecule has 1 aromatic carbocycles. The van der Waals surface area contributed by atoms with Gasteiger partial charge in [-0.15, -0.1) is 0 Å². The summed E-state index contributed by atoms with van der Waals surface area (Å²) < 4.78 is 0. The van der Waals surface area contributed by atoms with Crippen LogP contribution in [0.25, 0.3) is 5.57 Å². The molecule has 0 bridgehead atoms. The van der Waals surface area contributed by atoms with Crippen molar-refractivity contribution in [3.05, 3.63) is 34.9 Å². The predicted octanol–water partition coefficient (Wildman–Crippen LogP) is 3.82. The van der Waals surface area contributed by atoms with Gasteiger partial charge in [-0.25, -0.2) is 0 Å². The Bertz CT molecular complexity index is 338. The first-order chi connectivity index (χ1) is 6.60. The zero-order valence-corrected chi connectivity index (χ0v) is 9.39. The Morgan fingerprint density at radius 2 is 1.79 bits per heavy atom. The highest BCUT2D eigenvalue weighted by atomic mass is 16.3. The van der Waals surface area contributed by atoms with Crippen LogP contribution in [0, 0.1) is 13.8 Å². The van der Waals surface area contributed by atoms with Gasteiger partial charge in [0.15, 0.2) is 0 Å². The Labute approximate surface area is 86.1 Å². The number of aromatic hydroxyl groups is 1. The number of allylic oxidation sites excluding steroid dienone is 2. The molecule has 0 unspecified atom stereocenters. The Hall–Kier alpha value is -1.24. The van der Waals surface area contributed by atoms with Crippen molar-refractivity contribution in [1.29, 1.82) is 0 Å². The maximum atomic E-state index is 9.64. The fraction of sp³-hybridized carbons (Fsp3) is 0.385. The molecule has 0 aliphatic carbocycles. The van der Waals surface area contributed by atoms with E-state index in [0.29, 0.717) is 5.75 Å². The van der Waals surface area contributed by atoms with Gasteiger partial charge in [-0.1, -0.05) is 13.0 Å². The van der Waals surface area contributed by atoms with E-state index in [1.807, 2.05) is 26.0 Å². The Morgan fingerprint density at radius 1 is 1.29 bits per heavy atom. The molecule has 0 aromatic heterocycles. The molecule has 0 atom stereocenters. The van der Waals surface area contributed by atoms with Crippen LogP contribution in [0.3, 0.4) is 0 Å². The molecule has 1 nitrogen and oxygen atoms in total. The lowest BCUT2D eigenvalue weighted by atomic mass is 9.98. The molecule has 14 heavy (non-hydrogen) atoms. The SMILES string of the molecule is CC=C(CC)c1cc(C)c(O)c(C)c1. The highest BCUT2D eigenvalue weighted by Crippen LogP contribution is 2.27. The van der Waals surface area contributed by atoms with E-state index < -0.39 is 0 Å². The average molecular weight is 190 g/mol. The minimum Gasteiger partial charge on any atom is -0.507 e. The molecular formula is C13H18O. The van der Waals surface area contributed by atoms with E-state index in [2.05, 4.69) is 19.9 Å². The highest BCUT2D eigenvalue weighted by molar-refractivity contribution is 5.67. The van der Waals surface area contributed by atoms with Gasteiger partial charge in [-0.05, 0) is 61.6 Å². The van der Waals surface area contributed by atoms with E-state index >= 15 is 0 Å². The van der Waals surface area contributed by atoms with E-state index in [1.54, 1.807) is 0 Å². The Kier molecular flexibility index (Phi) is 3.34. The molecular weight excluding hydrogens is 172 g/mol. The van der Waals surface area contributed by atoms with Crippen LogP contribution in [0.1, 0.15) is 37.0 Å². The monoisotopic (exact) mass is 190 g/mol. The fourth-order valence-corrected chi connectivity index (χ4v) is 1.72. The summed E-state index contributed by atoms with van der Waals surface area (Å²) in [7, 11) is 0. The van der Waals surface area contributed by atoms with Gasteiger partial charge in [0.1, 0.15) is 5.75 Å². The summed E-state index contributed by atoms with van der Waals surface area (Å²) in [6.45, 7) is 8.08. The maximum absolute atomic E-state index is 9.64. The lowest BCUT2D eigenvalue weighted by molar-refractivity contribution is 0.467. The second kappa shape index (κ2) is 4.32. The summed E-state index contributed by atoms with van der Waals surface area (Å²) >= 11 is 0. The zero-order chi connectivity index (χ0) is 10.7. The molecule has 0 heterocycles. The van der Waals surface area contributed by atoms with Crippen LogP contribution >= 0.6 is 0 Å². The van der Waals surface area contributed by atoms with Gasteiger partial charge < -0.3 is 5.11 Å². The van der Waals surface area contributed by atoms with Crippen LogP contribution in [-0.2, 0) is 0 Å². The minimum atomic E-state index is 0.417. The normalized spacial score (nSPS) is 11.9. The van der Waals surface area contributed by atoms with Crippen molar-refractivity contribution >= 4 is 5.57 Å². The quantitative estimate of drug-likeness (QED) is 0.751. The van der Waals surface area contributed by atoms with E-state index in [9.17, 15) is 5.11 Å². The minimum absolute atomic E-state index is 0.417. The smallest absolute Gasteiger partial charge is 0.121 e. The van der Waals surface area contributed by atoms with Crippen LogP contribution < -0.4 is 0 Å². The number of aryl methyl sites for hydroxylation is 2. The lowest BCUT2D eigenvalue weighted by Crippen LogP contribution is -1.88. The fourth-order valence-electron chi connectivity index (χ4n) is 1.72. The summed E-state index contributed by atoms with van der Waals surface area (Å²) in [5.41, 5.74) is 4.46. The van der Waals surface area contributed by atoms with Gasteiger partial charge in [-0.2, -0.15) is 0 Å². The number of benzene rings is 1. The van der Waals surface area contributed by atoms with Crippen LogP contribution in [-0.4, -0.2) is 5.11 Å². The molecule has 1 aromatic rings. The molecule has 76 valence electrons. The first kappa shape index (κ1) is 10.8. The third-order valence-electron chi connectivity index (χ3n) is 2.59. The largest absolute Gasteiger partial charge is 0.507 e. The number of hydrogen-bond donors (Lipinski definition) is 1. The van der Waals surface area contributed by atoms with Crippen molar-refractivity contribution in [2.75, 3.05) is 0 Å². The first-order valence-electron chi connectivity index (χ1n) is 5.05. The van der Waals surface area contributed by atoms with Gasteiger partial charge in [0.2, 0.25) is 0 Å². The number of rotatable bonds is 2. The van der Waals surface area contributed by atoms with Gasteiger partial charge in [0, 0.05) is 0 Å². The van der Waals surface area contributed by atoms with E-state index in [0.717, 1.165) is 17.5 Å². The van der Waals surface area contributed by atoms with Crippen LogP contribution in [0.5, 0.6) is 5.75 Å². The zero-order valence-electron chi connectivity index (χ0n) is 9.39. The third kappa shape index (κ3) is 1.98. The molecule has 0 aliphatic rings. The molecule has 0 fully saturated rings. The molecule has 1 heteroatoms. The summed E-state index contributed by atoms with van der Waals surface area (Å²) in [6, 6.07) is 4.09. The molecule has 0 spiro atoms. The predicted molar refractivity (Wildman–Crippen MR) is 61.5 cm³/mol. The molecule has 0 saturated carbocycles. The van der Waals surface area contributed by atoms with E-state index in [-0.39, 0.29) is 0 Å². The molecule has 0 radical (unpaired) electrons. The topological polar surface area (TPSA) is 20.2 Å². The van der Waals surface area contributed by atoms with Crippen LogP contribution in [0.15, 0.2) is 18.2 Å². The van der Waals surface area contributed by atoms with Crippen molar-refractivity contribution in [3.8, 4) is 5.75 Å². The molecule has 0 amide bonds. The highest BCUT2D eigenvalue weighted by Gasteiger charge is 2.05. The van der Waals surface area contributed by atoms with Gasteiger partial charge in [-0.3, -0.25) is 0 Å². The Morgan fingerprint density at radius 3 is 2.14 bits per heavy atom. The molecule has 0 saturated heterocycles. The second-order valence-corrected chi connectivity index (χ2v) is 3.63. The van der Waals surface area contributed by atoms with Gasteiger partial charge in [0.25, 0.3) is 0 Å². The van der Waals surface area contributed by atoms with Crippen molar-refractivity contribution in [2.24, 2.45) is 0 Å². The summed E-state index contributed by atoms with van der Waals surface area (Å²) in [4.78, 5) is 0. The number of phenols is 1. The van der Waals surface area contributed by atoms with Crippen molar-refractivity contribution < 1.29 is 5.11 Å². The number of hydrogen-bond acceptors (Lipinski definition) is 1. The number of phenolic OH excluding ortho intramolecular Hbond substituents is 1. The molecule has 1 N–H and O–H groups in total. The lowest BCUT2D eigenvalue weighted by Gasteiger charge is -2.09. The maximum Gasteiger partial charge on any atom is 0.121 e. The summed E-state index contributed by atoms with van der Waals surface area (Å²) in [5, 5.41) is 9.64. The molecule has 0 aliphatic heterocycles. The summed E-state index contributed by atoms with van der Waals surface area (Å²) in [6.07, 6.45) is 3.16. The van der Waals surface area contributed by atoms with Crippen molar-refractivity contribution in [3.63, 3.8) is 0 Å². The third-order valence-corrected chi connectivity index (χ3v) is 2.59. The van der Waals surface area contributed by atoms with Crippen molar-refractivity contribution in [1.82, 2.24) is 0 Å². The summed E-state index contributed by atoms with van der Waals surface area (Å²) in [5.74, 6) is 0.417. The van der Waals surface area contributed by atoms with Crippen LogP contribution in [0.2, 0.25) is 0 Å². The van der Waals surface area contributed by atoms with E-state index in [1.165, 1.54) is 11.1 Å². The average Bonchev–Trinajstić information content (AvgIpc) is 2.16. The molecule has 1 rings (SSSR count). The second-order valence-electron chi connectivity index (χ2n) is 3.63. The van der Waals surface area contributed by atoms with Crippen LogP contribution in [0.4, 0.5) is 0 Å².